The molecule has 0 aliphatic rings. The number of halogens is 1. The first-order valence-corrected chi connectivity index (χ1v) is 6.67. The van der Waals surface area contributed by atoms with Crippen LogP contribution in [0.1, 0.15) is 36.2 Å². The molecule has 1 amide bonds. The third-order valence-electron chi connectivity index (χ3n) is 2.75. The SMILES string of the molecule is Cc1cc([N+](=O)[O-])cc(C(=O)NCCCOC(C)C)c1F. The monoisotopic (exact) mass is 298 g/mol. The molecule has 1 aromatic carbocycles. The molecule has 0 fully saturated rings. The highest BCUT2D eigenvalue weighted by atomic mass is 19.1. The second-order valence-electron chi connectivity index (χ2n) is 4.91. The average Bonchev–Trinajstić information content (AvgIpc) is 2.40. The van der Waals surface area contributed by atoms with E-state index in [-0.39, 0.29) is 22.9 Å². The first-order chi connectivity index (χ1) is 9.82. The minimum absolute atomic E-state index is 0.0671. The van der Waals surface area contributed by atoms with Crippen molar-refractivity contribution in [3.63, 3.8) is 0 Å². The molecule has 0 aromatic heterocycles. The summed E-state index contributed by atoms with van der Waals surface area (Å²) < 4.78 is 19.2. The fourth-order valence-electron chi connectivity index (χ4n) is 1.71. The van der Waals surface area contributed by atoms with E-state index in [4.69, 9.17) is 4.74 Å². The maximum Gasteiger partial charge on any atom is 0.270 e. The van der Waals surface area contributed by atoms with Crippen molar-refractivity contribution in [2.75, 3.05) is 13.2 Å². The maximum absolute atomic E-state index is 13.9. The Morgan fingerprint density at radius 3 is 2.71 bits per heavy atom. The number of hydrogen-bond donors (Lipinski definition) is 1. The molecule has 0 spiro atoms. The fraction of sp³-hybridized carbons (Fsp3) is 0.500. The molecule has 0 unspecified atom stereocenters. The van der Waals surface area contributed by atoms with E-state index in [0.29, 0.717) is 19.6 Å². The van der Waals surface area contributed by atoms with Crippen LogP contribution >= 0.6 is 0 Å². The standard InChI is InChI=1S/C14H19FN2O4/c1-9(2)21-6-4-5-16-14(18)12-8-11(17(19)20)7-10(3)13(12)15/h7-9H,4-6H2,1-3H3,(H,16,18). The summed E-state index contributed by atoms with van der Waals surface area (Å²) in [5.74, 6) is -1.40. The molecule has 1 N–H and O–H groups in total. The van der Waals surface area contributed by atoms with Gasteiger partial charge in [-0.2, -0.15) is 0 Å². The van der Waals surface area contributed by atoms with Crippen LogP contribution in [0.15, 0.2) is 12.1 Å². The highest BCUT2D eigenvalue weighted by Gasteiger charge is 2.19. The van der Waals surface area contributed by atoms with E-state index in [2.05, 4.69) is 5.32 Å². The van der Waals surface area contributed by atoms with Crippen LogP contribution in [0, 0.1) is 22.9 Å². The van der Waals surface area contributed by atoms with Crippen LogP contribution < -0.4 is 5.32 Å². The van der Waals surface area contributed by atoms with Gasteiger partial charge in [-0.25, -0.2) is 4.39 Å². The summed E-state index contributed by atoms with van der Waals surface area (Å²) >= 11 is 0. The summed E-state index contributed by atoms with van der Waals surface area (Å²) in [6, 6.07) is 2.05. The average molecular weight is 298 g/mol. The molecule has 0 bridgehead atoms. The molecule has 6 nitrogen and oxygen atoms in total. The number of benzene rings is 1. The fourth-order valence-corrected chi connectivity index (χ4v) is 1.71. The molecule has 7 heteroatoms. The van der Waals surface area contributed by atoms with Crippen molar-refractivity contribution in [2.45, 2.75) is 33.3 Å². The smallest absolute Gasteiger partial charge is 0.270 e. The lowest BCUT2D eigenvalue weighted by molar-refractivity contribution is -0.385. The maximum atomic E-state index is 13.9. The molecule has 0 saturated heterocycles. The lowest BCUT2D eigenvalue weighted by atomic mass is 10.1. The van der Waals surface area contributed by atoms with Crippen LogP contribution in [0.25, 0.3) is 0 Å². The first-order valence-electron chi connectivity index (χ1n) is 6.67. The van der Waals surface area contributed by atoms with Gasteiger partial charge in [0.25, 0.3) is 11.6 Å². The predicted molar refractivity (Wildman–Crippen MR) is 75.8 cm³/mol. The van der Waals surface area contributed by atoms with Gasteiger partial charge in [0.2, 0.25) is 0 Å². The first kappa shape index (κ1) is 17.0. The van der Waals surface area contributed by atoms with E-state index in [1.54, 1.807) is 0 Å². The summed E-state index contributed by atoms with van der Waals surface area (Å²) in [7, 11) is 0. The number of amides is 1. The lowest BCUT2D eigenvalue weighted by Crippen LogP contribution is -2.26. The third kappa shape index (κ3) is 5.11. The number of ether oxygens (including phenoxy) is 1. The number of nitrogens with zero attached hydrogens (tertiary/aromatic N) is 1. The second-order valence-corrected chi connectivity index (χ2v) is 4.91. The second kappa shape index (κ2) is 7.68. The Morgan fingerprint density at radius 2 is 2.14 bits per heavy atom. The molecule has 21 heavy (non-hydrogen) atoms. The van der Waals surface area contributed by atoms with Crippen molar-refractivity contribution in [3.05, 3.63) is 39.2 Å². The van der Waals surface area contributed by atoms with Crippen LogP contribution in [0.4, 0.5) is 10.1 Å². The Morgan fingerprint density at radius 1 is 1.48 bits per heavy atom. The Balaban J connectivity index is 2.67. The molecule has 1 aromatic rings. The summed E-state index contributed by atoms with van der Waals surface area (Å²) in [5.41, 5.74) is -0.550. The molecular weight excluding hydrogens is 279 g/mol. The van der Waals surface area contributed by atoms with Gasteiger partial charge in [0.05, 0.1) is 16.6 Å². The highest BCUT2D eigenvalue weighted by molar-refractivity contribution is 5.95. The van der Waals surface area contributed by atoms with Gasteiger partial charge in [0.1, 0.15) is 5.82 Å². The number of rotatable bonds is 7. The van der Waals surface area contributed by atoms with Crippen LogP contribution in [-0.2, 0) is 4.74 Å². The lowest BCUT2D eigenvalue weighted by Gasteiger charge is -2.09. The van der Waals surface area contributed by atoms with Crippen LogP contribution in [0.2, 0.25) is 0 Å². The van der Waals surface area contributed by atoms with Gasteiger partial charge in [-0.05, 0) is 32.8 Å². The Bertz CT molecular complexity index is 532. The number of carbonyl (C=O) groups is 1. The normalized spacial score (nSPS) is 10.7. The molecule has 0 saturated carbocycles. The number of hydrogen-bond acceptors (Lipinski definition) is 4. The van der Waals surface area contributed by atoms with E-state index in [1.807, 2.05) is 13.8 Å². The Labute approximate surface area is 122 Å². The van der Waals surface area contributed by atoms with Crippen molar-refractivity contribution in [2.24, 2.45) is 0 Å². The summed E-state index contributed by atoms with van der Waals surface area (Å²) in [4.78, 5) is 22.0. The molecule has 0 atom stereocenters. The van der Waals surface area contributed by atoms with Gasteiger partial charge in [0, 0.05) is 25.3 Å². The van der Waals surface area contributed by atoms with Gasteiger partial charge in [-0.15, -0.1) is 0 Å². The van der Waals surface area contributed by atoms with Gasteiger partial charge in [0.15, 0.2) is 0 Å². The van der Waals surface area contributed by atoms with E-state index >= 15 is 0 Å². The minimum Gasteiger partial charge on any atom is -0.379 e. The number of nitro groups is 1. The Hall–Kier alpha value is -2.02. The van der Waals surface area contributed by atoms with Crippen molar-refractivity contribution < 1.29 is 18.8 Å². The van der Waals surface area contributed by atoms with Crippen molar-refractivity contribution in [3.8, 4) is 0 Å². The number of non-ortho nitro benzene ring substituents is 1. The quantitative estimate of drug-likeness (QED) is 0.476. The van der Waals surface area contributed by atoms with E-state index in [0.717, 1.165) is 12.1 Å². The summed E-state index contributed by atoms with van der Waals surface area (Å²) in [6.45, 7) is 5.98. The number of aryl methyl sites for hydroxylation is 1. The minimum atomic E-state index is -0.739. The number of carbonyl (C=O) groups excluding carboxylic acids is 1. The molecule has 116 valence electrons. The van der Waals surface area contributed by atoms with Gasteiger partial charge in [-0.1, -0.05) is 0 Å². The molecule has 0 heterocycles. The van der Waals surface area contributed by atoms with Gasteiger partial charge >= 0.3 is 0 Å². The summed E-state index contributed by atoms with van der Waals surface area (Å²) in [5, 5.41) is 13.3. The van der Waals surface area contributed by atoms with Crippen molar-refractivity contribution >= 4 is 11.6 Å². The van der Waals surface area contributed by atoms with Crippen LogP contribution in [-0.4, -0.2) is 30.1 Å². The number of nitro benzene ring substituents is 1. The zero-order valence-corrected chi connectivity index (χ0v) is 12.3. The molecule has 0 aliphatic carbocycles. The van der Waals surface area contributed by atoms with Crippen LogP contribution in [0.5, 0.6) is 0 Å². The topological polar surface area (TPSA) is 81.5 Å². The number of nitrogens with one attached hydrogen (secondary N) is 1. The molecule has 0 aliphatic heterocycles. The van der Waals surface area contributed by atoms with Gasteiger partial charge < -0.3 is 10.1 Å². The van der Waals surface area contributed by atoms with Crippen molar-refractivity contribution in [1.82, 2.24) is 5.32 Å². The molecular formula is C14H19FN2O4. The van der Waals surface area contributed by atoms with Crippen LogP contribution in [0.3, 0.4) is 0 Å². The van der Waals surface area contributed by atoms with E-state index in [9.17, 15) is 19.3 Å². The third-order valence-corrected chi connectivity index (χ3v) is 2.75. The van der Waals surface area contributed by atoms with E-state index in [1.165, 1.54) is 6.92 Å². The zero-order chi connectivity index (χ0) is 16.0. The molecule has 1 rings (SSSR count). The van der Waals surface area contributed by atoms with Gasteiger partial charge in [-0.3, -0.25) is 14.9 Å². The molecule has 0 radical (unpaired) electrons. The largest absolute Gasteiger partial charge is 0.379 e. The van der Waals surface area contributed by atoms with E-state index < -0.39 is 16.6 Å². The Kier molecular flexibility index (Phi) is 6.23. The van der Waals surface area contributed by atoms with Crippen molar-refractivity contribution in [1.29, 1.82) is 0 Å². The zero-order valence-electron chi connectivity index (χ0n) is 12.3. The highest BCUT2D eigenvalue weighted by Crippen LogP contribution is 2.20. The predicted octanol–water partition coefficient (Wildman–Crippen LogP) is 2.59. The summed E-state index contributed by atoms with van der Waals surface area (Å²) in [6.07, 6.45) is 0.692.